The summed E-state index contributed by atoms with van der Waals surface area (Å²) in [6, 6.07) is 13.4. The molecule has 0 spiro atoms. The van der Waals surface area contributed by atoms with Gasteiger partial charge in [-0.1, -0.05) is 0 Å². The van der Waals surface area contributed by atoms with Crippen LogP contribution in [0.25, 0.3) is 0 Å². The smallest absolute Gasteiger partial charge is 0.397 e. The Balaban J connectivity index is 1.62. The van der Waals surface area contributed by atoms with E-state index in [4.69, 9.17) is 9.29 Å². The topological polar surface area (TPSA) is 288 Å². The molecule has 0 fully saturated rings. The van der Waals surface area contributed by atoms with Crippen molar-refractivity contribution >= 4 is 71.9 Å². The summed E-state index contributed by atoms with van der Waals surface area (Å²) in [4.78, 5) is 23.7. The van der Waals surface area contributed by atoms with E-state index in [1.165, 1.54) is 56.5 Å². The number of carboxylic acid groups (broad SMARTS) is 1. The van der Waals surface area contributed by atoms with Crippen LogP contribution in [0.2, 0.25) is 0 Å². The molecule has 0 radical (unpaired) electrons. The lowest BCUT2D eigenvalue weighted by Gasteiger charge is -2.10. The molecule has 1 amide bonds. The maximum Gasteiger partial charge on any atom is 0.397 e. The van der Waals surface area contributed by atoms with Crippen LogP contribution in [-0.2, 0) is 29.2 Å². The first-order valence-electron chi connectivity index (χ1n) is 15.0. The summed E-state index contributed by atoms with van der Waals surface area (Å²) in [5.41, 5.74) is 0.928. The van der Waals surface area contributed by atoms with Gasteiger partial charge in [0, 0.05) is 6.92 Å². The number of aryl methyl sites for hydroxylation is 2. The number of carbonyl (C=O) groups is 2. The lowest BCUT2D eigenvalue weighted by Crippen LogP contribution is -2.15. The number of ether oxygens (including phenoxy) is 1. The molecule has 0 aromatic heterocycles. The van der Waals surface area contributed by atoms with Gasteiger partial charge in [-0.05, 0) is 85.6 Å². The average molecular weight is 770 g/mol. The summed E-state index contributed by atoms with van der Waals surface area (Å²) in [5, 5.41) is 57.9. The number of phenols is 2. The molecule has 0 bridgehead atoms. The normalized spacial score (nSPS) is 12.2. The van der Waals surface area contributed by atoms with E-state index < -0.39 is 72.9 Å². The van der Waals surface area contributed by atoms with Gasteiger partial charge >= 0.3 is 16.4 Å². The number of anilines is 1. The van der Waals surface area contributed by atoms with Crippen LogP contribution in [0.5, 0.6) is 17.2 Å². The largest absolute Gasteiger partial charge is 0.505 e. The second kappa shape index (κ2) is 16.5. The SMILES string of the molecule is COc1cc(C)c(C)cc1N=Nc1c(C(=O)O)cc(O)c(N=Nc2ccc(N=Nc3ccc(S(=O)(=O)CCOS(=O)(=O)O)cc3)c(NC(C)=O)c2)c1O. The highest BCUT2D eigenvalue weighted by atomic mass is 32.3. The quantitative estimate of drug-likeness (QED) is 0.0627. The molecule has 0 saturated heterocycles. The minimum atomic E-state index is -4.80. The Labute approximate surface area is 302 Å². The van der Waals surface area contributed by atoms with E-state index >= 15 is 0 Å². The monoisotopic (exact) mass is 769 g/mol. The van der Waals surface area contributed by atoms with E-state index in [1.807, 2.05) is 13.8 Å². The summed E-state index contributed by atoms with van der Waals surface area (Å²) in [6.07, 6.45) is 0. The first-order chi connectivity index (χ1) is 24.9. The molecular formula is C32H31N7O12S2. The van der Waals surface area contributed by atoms with Crippen molar-refractivity contribution in [3.8, 4) is 17.2 Å². The van der Waals surface area contributed by atoms with Gasteiger partial charge in [-0.15, -0.1) is 20.5 Å². The molecule has 4 aromatic rings. The molecule has 19 nitrogen and oxygen atoms in total. The van der Waals surface area contributed by atoms with Crippen LogP contribution < -0.4 is 10.1 Å². The highest BCUT2D eigenvalue weighted by molar-refractivity contribution is 7.91. The van der Waals surface area contributed by atoms with Gasteiger partial charge in [-0.2, -0.15) is 18.6 Å². The fourth-order valence-corrected chi connectivity index (χ4v) is 5.88. The number of phenolic OH excluding ortho intramolecular Hbond substituents is 2. The fourth-order valence-electron chi connectivity index (χ4n) is 4.39. The number of aromatic hydroxyl groups is 2. The van der Waals surface area contributed by atoms with E-state index in [-0.39, 0.29) is 33.3 Å². The number of hydrogen-bond acceptors (Lipinski definition) is 16. The Morgan fingerprint density at radius 3 is 2.00 bits per heavy atom. The first kappa shape index (κ1) is 39.6. The van der Waals surface area contributed by atoms with Crippen molar-refractivity contribution < 1.29 is 55.2 Å². The standard InChI is InChI=1S/C32H31N7O12S2/c1-17-13-26(28(50-4)14-18(17)2)37-38-29-23(32(43)44)16-27(41)30(31(29)42)39-35-21-7-10-24(25(15-21)33-19(3)40)36-34-20-5-8-22(9-6-20)52(45,46)12-11-51-53(47,48)49/h5-10,13-16,41-42H,11-12H2,1-4H3,(H,33,40)(H,43,44)(H,47,48,49). The number of benzene rings is 4. The number of sulfone groups is 1. The summed E-state index contributed by atoms with van der Waals surface area (Å²) in [5.74, 6) is -3.95. The summed E-state index contributed by atoms with van der Waals surface area (Å²) in [7, 11) is -7.34. The van der Waals surface area contributed by atoms with Gasteiger partial charge in [0.25, 0.3) is 0 Å². The van der Waals surface area contributed by atoms with Crippen molar-refractivity contribution in [2.24, 2.45) is 30.7 Å². The third-order valence-electron chi connectivity index (χ3n) is 7.12. The minimum Gasteiger partial charge on any atom is -0.505 e. The van der Waals surface area contributed by atoms with Crippen molar-refractivity contribution in [1.82, 2.24) is 0 Å². The van der Waals surface area contributed by atoms with Crippen LogP contribution in [0.1, 0.15) is 28.4 Å². The van der Waals surface area contributed by atoms with Crippen LogP contribution in [0.3, 0.4) is 0 Å². The molecule has 0 aliphatic rings. The molecule has 21 heteroatoms. The number of rotatable bonds is 14. The molecule has 0 heterocycles. The van der Waals surface area contributed by atoms with Gasteiger partial charge in [0.2, 0.25) is 5.91 Å². The Bertz CT molecular complexity index is 2380. The second-order valence-electron chi connectivity index (χ2n) is 10.9. The number of nitrogens with zero attached hydrogens (tertiary/aromatic N) is 6. The highest BCUT2D eigenvalue weighted by Crippen LogP contribution is 2.47. The van der Waals surface area contributed by atoms with Gasteiger partial charge in [-0.3, -0.25) is 9.35 Å². The number of nitrogens with one attached hydrogen (secondary N) is 1. The lowest BCUT2D eigenvalue weighted by molar-refractivity contribution is -0.114. The van der Waals surface area contributed by atoms with Crippen LogP contribution >= 0.6 is 0 Å². The zero-order chi connectivity index (χ0) is 39.1. The van der Waals surface area contributed by atoms with Gasteiger partial charge in [-0.25, -0.2) is 17.4 Å². The van der Waals surface area contributed by atoms with Crippen molar-refractivity contribution in [2.45, 2.75) is 25.7 Å². The number of amides is 1. The molecule has 0 unspecified atom stereocenters. The molecule has 4 aromatic carbocycles. The number of hydrogen-bond donors (Lipinski definition) is 5. The van der Waals surface area contributed by atoms with Crippen LogP contribution in [0.4, 0.5) is 39.8 Å². The molecular weight excluding hydrogens is 739 g/mol. The predicted molar refractivity (Wildman–Crippen MR) is 188 cm³/mol. The molecule has 0 atom stereocenters. The maximum absolute atomic E-state index is 12.4. The van der Waals surface area contributed by atoms with Gasteiger partial charge in [0.05, 0.1) is 47.0 Å². The zero-order valence-electron chi connectivity index (χ0n) is 28.2. The Hall–Kier alpha value is -6.16. The van der Waals surface area contributed by atoms with Crippen molar-refractivity contribution in [3.05, 3.63) is 77.4 Å². The number of methoxy groups -OCH3 is 1. The van der Waals surface area contributed by atoms with E-state index in [2.05, 4.69) is 40.2 Å². The van der Waals surface area contributed by atoms with E-state index in [0.29, 0.717) is 5.75 Å². The van der Waals surface area contributed by atoms with Crippen LogP contribution in [0.15, 0.2) is 96.2 Å². The molecule has 4 rings (SSSR count). The number of azo groups is 3. The fraction of sp³-hybridized carbons (Fsp3) is 0.188. The van der Waals surface area contributed by atoms with Crippen molar-refractivity contribution in [1.29, 1.82) is 0 Å². The Kier molecular flexibility index (Phi) is 12.3. The Morgan fingerprint density at radius 1 is 0.774 bits per heavy atom. The molecule has 5 N–H and O–H groups in total. The zero-order valence-corrected chi connectivity index (χ0v) is 29.9. The third kappa shape index (κ3) is 10.4. The van der Waals surface area contributed by atoms with Crippen molar-refractivity contribution in [2.75, 3.05) is 24.8 Å². The molecule has 0 aliphatic carbocycles. The molecule has 53 heavy (non-hydrogen) atoms. The number of carboxylic acids is 1. The molecule has 278 valence electrons. The summed E-state index contributed by atoms with van der Waals surface area (Å²) in [6.45, 7) is 4.14. The number of carbonyl (C=O) groups excluding carboxylic acids is 1. The highest BCUT2D eigenvalue weighted by Gasteiger charge is 2.23. The Morgan fingerprint density at radius 2 is 1.38 bits per heavy atom. The average Bonchev–Trinajstić information content (AvgIpc) is 3.07. The summed E-state index contributed by atoms with van der Waals surface area (Å²) < 4.78 is 64.2. The maximum atomic E-state index is 12.4. The van der Waals surface area contributed by atoms with E-state index in [1.54, 1.807) is 12.1 Å². The number of aromatic carboxylic acids is 1. The third-order valence-corrected chi connectivity index (χ3v) is 9.28. The first-order valence-corrected chi connectivity index (χ1v) is 18.0. The van der Waals surface area contributed by atoms with Gasteiger partial charge in [0.15, 0.2) is 21.3 Å². The second-order valence-corrected chi connectivity index (χ2v) is 14.1. The lowest BCUT2D eigenvalue weighted by atomic mass is 10.1. The van der Waals surface area contributed by atoms with E-state index in [9.17, 15) is 41.7 Å². The molecule has 0 saturated carbocycles. The summed E-state index contributed by atoms with van der Waals surface area (Å²) >= 11 is 0. The van der Waals surface area contributed by atoms with Gasteiger partial charge < -0.3 is 25.4 Å². The van der Waals surface area contributed by atoms with Crippen LogP contribution in [0, 0.1) is 13.8 Å². The van der Waals surface area contributed by atoms with E-state index in [0.717, 1.165) is 17.2 Å². The van der Waals surface area contributed by atoms with Crippen molar-refractivity contribution in [3.63, 3.8) is 0 Å². The van der Waals surface area contributed by atoms with Crippen LogP contribution in [-0.4, -0.2) is 68.1 Å². The molecule has 0 aliphatic heterocycles. The van der Waals surface area contributed by atoms with Gasteiger partial charge in [0.1, 0.15) is 28.6 Å². The predicted octanol–water partition coefficient (Wildman–Crippen LogP) is 7.22. The minimum absolute atomic E-state index is 0.0874.